The van der Waals surface area contributed by atoms with E-state index in [-0.39, 0.29) is 0 Å². The Morgan fingerprint density at radius 1 is 0.550 bits per heavy atom. The van der Waals surface area contributed by atoms with Crippen molar-refractivity contribution in [1.29, 1.82) is 0 Å². The fourth-order valence-electron chi connectivity index (χ4n) is 3.94. The maximum absolute atomic E-state index is 2.29. The zero-order valence-electron chi connectivity index (χ0n) is 14.5. The van der Waals surface area contributed by atoms with Crippen LogP contribution in [0.25, 0.3) is 0 Å². The summed E-state index contributed by atoms with van der Waals surface area (Å²) >= 11 is 0. The van der Waals surface area contributed by atoms with Crippen molar-refractivity contribution in [2.45, 2.75) is 117 Å². The molecule has 0 saturated heterocycles. The van der Waals surface area contributed by atoms with Gasteiger partial charge in [0.1, 0.15) is 0 Å². The van der Waals surface area contributed by atoms with Crippen LogP contribution in [0.3, 0.4) is 0 Å². The van der Waals surface area contributed by atoms with Crippen LogP contribution in [-0.2, 0) is 0 Å². The number of rotatable bonds is 6. The van der Waals surface area contributed by atoms with Crippen LogP contribution in [-0.4, -0.2) is 0 Å². The Labute approximate surface area is 129 Å². The van der Waals surface area contributed by atoms with Crippen molar-refractivity contribution in [3.63, 3.8) is 0 Å². The largest absolute Gasteiger partial charge is 0.0654 e. The van der Waals surface area contributed by atoms with Crippen molar-refractivity contribution in [3.8, 4) is 0 Å². The highest BCUT2D eigenvalue weighted by Crippen LogP contribution is 2.28. The minimum Gasteiger partial charge on any atom is -0.0654 e. The molecular formula is C20H40. The van der Waals surface area contributed by atoms with E-state index in [1.54, 1.807) is 0 Å². The molecule has 0 spiro atoms. The summed E-state index contributed by atoms with van der Waals surface area (Å²) in [4.78, 5) is 0. The monoisotopic (exact) mass is 280 g/mol. The molecule has 0 atom stereocenters. The molecule has 2 aliphatic carbocycles. The van der Waals surface area contributed by atoms with E-state index in [0.717, 1.165) is 11.8 Å². The van der Waals surface area contributed by atoms with Crippen LogP contribution >= 0.6 is 0 Å². The van der Waals surface area contributed by atoms with Gasteiger partial charge in [-0.25, -0.2) is 0 Å². The lowest BCUT2D eigenvalue weighted by molar-refractivity contribution is 0.331. The van der Waals surface area contributed by atoms with E-state index in [1.165, 1.54) is 103 Å². The molecule has 0 aliphatic heterocycles. The second-order valence-electron chi connectivity index (χ2n) is 7.29. The van der Waals surface area contributed by atoms with Gasteiger partial charge in [0.05, 0.1) is 0 Å². The lowest BCUT2D eigenvalue weighted by Crippen LogP contribution is -2.05. The molecule has 0 bridgehead atoms. The Morgan fingerprint density at radius 3 is 1.20 bits per heavy atom. The van der Waals surface area contributed by atoms with Gasteiger partial charge in [0, 0.05) is 0 Å². The van der Waals surface area contributed by atoms with Gasteiger partial charge in [0.15, 0.2) is 0 Å². The van der Waals surface area contributed by atoms with E-state index in [2.05, 4.69) is 13.8 Å². The third-order valence-electron chi connectivity index (χ3n) is 5.38. The summed E-state index contributed by atoms with van der Waals surface area (Å²) in [5.41, 5.74) is 0. The molecule has 0 unspecified atom stereocenters. The van der Waals surface area contributed by atoms with E-state index in [9.17, 15) is 0 Å². The van der Waals surface area contributed by atoms with Crippen molar-refractivity contribution < 1.29 is 0 Å². The summed E-state index contributed by atoms with van der Waals surface area (Å²) < 4.78 is 0. The van der Waals surface area contributed by atoms with Crippen molar-refractivity contribution in [1.82, 2.24) is 0 Å². The van der Waals surface area contributed by atoms with Crippen LogP contribution < -0.4 is 0 Å². The Hall–Kier alpha value is 0. The first-order valence-electron chi connectivity index (χ1n) is 9.86. The van der Waals surface area contributed by atoms with Crippen LogP contribution in [0.2, 0.25) is 0 Å². The highest BCUT2D eigenvalue weighted by Gasteiger charge is 2.12. The van der Waals surface area contributed by atoms with Gasteiger partial charge in [0.2, 0.25) is 0 Å². The lowest BCUT2D eigenvalue weighted by Gasteiger charge is -2.20. The van der Waals surface area contributed by atoms with Crippen LogP contribution in [0.5, 0.6) is 0 Å². The number of unbranched alkanes of at least 4 members (excludes halogenated alkanes) is 2. The summed E-state index contributed by atoms with van der Waals surface area (Å²) in [5.74, 6) is 2.21. The quantitative estimate of drug-likeness (QED) is 0.472. The topological polar surface area (TPSA) is 0 Å². The van der Waals surface area contributed by atoms with Crippen molar-refractivity contribution in [2.75, 3.05) is 0 Å². The molecule has 2 fully saturated rings. The average Bonchev–Trinajstić information content (AvgIpc) is 2.53. The summed E-state index contributed by atoms with van der Waals surface area (Å²) in [6, 6.07) is 0. The minimum atomic E-state index is 1.11. The standard InChI is InChI=1S/2C10H20/c2*1-2-3-7-10-8-5-4-6-9-10/h2*10H,2-9H2,1H3. The molecule has 0 heterocycles. The Kier molecular flexibility index (Phi) is 11.5. The van der Waals surface area contributed by atoms with Gasteiger partial charge >= 0.3 is 0 Å². The first kappa shape index (κ1) is 18.1. The van der Waals surface area contributed by atoms with Crippen molar-refractivity contribution in [2.24, 2.45) is 11.8 Å². The zero-order chi connectivity index (χ0) is 14.5. The van der Waals surface area contributed by atoms with Gasteiger partial charge in [-0.05, 0) is 11.8 Å². The van der Waals surface area contributed by atoms with Crippen LogP contribution in [0.15, 0.2) is 0 Å². The molecule has 2 aliphatic rings. The highest BCUT2D eigenvalue weighted by molar-refractivity contribution is 4.65. The molecule has 120 valence electrons. The number of hydrogen-bond acceptors (Lipinski definition) is 0. The van der Waals surface area contributed by atoms with Gasteiger partial charge in [-0.1, -0.05) is 117 Å². The van der Waals surface area contributed by atoms with Crippen molar-refractivity contribution in [3.05, 3.63) is 0 Å². The third-order valence-corrected chi connectivity index (χ3v) is 5.38. The Morgan fingerprint density at radius 2 is 0.900 bits per heavy atom. The second-order valence-corrected chi connectivity index (χ2v) is 7.29. The molecule has 0 amide bonds. The first-order valence-corrected chi connectivity index (χ1v) is 9.86. The predicted molar refractivity (Wildman–Crippen MR) is 92.2 cm³/mol. The molecule has 0 radical (unpaired) electrons. The van der Waals surface area contributed by atoms with Gasteiger partial charge in [0.25, 0.3) is 0 Å². The van der Waals surface area contributed by atoms with Gasteiger partial charge in [-0.15, -0.1) is 0 Å². The second kappa shape index (κ2) is 12.7. The molecule has 2 saturated carbocycles. The van der Waals surface area contributed by atoms with Crippen LogP contribution in [0, 0.1) is 11.8 Å². The summed E-state index contributed by atoms with van der Waals surface area (Å²) in [6.45, 7) is 4.59. The van der Waals surface area contributed by atoms with Crippen LogP contribution in [0.1, 0.15) is 117 Å². The summed E-state index contributed by atoms with van der Waals surface area (Å²) in [5, 5.41) is 0. The molecular weight excluding hydrogens is 240 g/mol. The van der Waals surface area contributed by atoms with E-state index < -0.39 is 0 Å². The normalized spacial score (nSPS) is 21.3. The highest BCUT2D eigenvalue weighted by atomic mass is 14.2. The maximum Gasteiger partial charge on any atom is -0.0414 e. The maximum atomic E-state index is 2.29. The van der Waals surface area contributed by atoms with E-state index in [1.807, 2.05) is 0 Å². The van der Waals surface area contributed by atoms with E-state index in [4.69, 9.17) is 0 Å². The smallest absolute Gasteiger partial charge is 0.0414 e. The van der Waals surface area contributed by atoms with Crippen LogP contribution in [0.4, 0.5) is 0 Å². The van der Waals surface area contributed by atoms with Gasteiger partial charge in [-0.3, -0.25) is 0 Å². The summed E-state index contributed by atoms with van der Waals surface area (Å²) in [6.07, 6.45) is 23.9. The molecule has 0 heteroatoms. The third kappa shape index (κ3) is 9.03. The minimum absolute atomic E-state index is 1.11. The fourth-order valence-corrected chi connectivity index (χ4v) is 3.94. The van der Waals surface area contributed by atoms with Gasteiger partial charge < -0.3 is 0 Å². The molecule has 0 N–H and O–H groups in total. The first-order chi connectivity index (χ1) is 9.86. The average molecular weight is 281 g/mol. The molecule has 0 aromatic carbocycles. The SMILES string of the molecule is CCCCC1CCCCC1.CCCCC1CCCCC1. The van der Waals surface area contributed by atoms with E-state index in [0.29, 0.717) is 0 Å². The molecule has 0 nitrogen and oxygen atoms in total. The van der Waals surface area contributed by atoms with E-state index >= 15 is 0 Å². The van der Waals surface area contributed by atoms with Gasteiger partial charge in [-0.2, -0.15) is 0 Å². The number of hydrogen-bond donors (Lipinski definition) is 0. The predicted octanol–water partition coefficient (Wildman–Crippen LogP) is 7.51. The molecule has 2 rings (SSSR count). The lowest BCUT2D eigenvalue weighted by atomic mass is 9.86. The zero-order valence-corrected chi connectivity index (χ0v) is 14.5. The molecule has 0 aromatic rings. The fraction of sp³-hybridized carbons (Fsp3) is 1.00. The Balaban J connectivity index is 0.000000200. The Bertz CT molecular complexity index is 162. The summed E-state index contributed by atoms with van der Waals surface area (Å²) in [7, 11) is 0. The molecule has 0 aromatic heterocycles. The molecule has 20 heavy (non-hydrogen) atoms. The van der Waals surface area contributed by atoms with Crippen molar-refractivity contribution >= 4 is 0 Å².